The van der Waals surface area contributed by atoms with Crippen molar-refractivity contribution in [1.82, 2.24) is 0 Å². The molecule has 2 heterocycles. The Labute approximate surface area is 221 Å². The number of allylic oxidation sites excluding steroid dienone is 4. The van der Waals surface area contributed by atoms with Gasteiger partial charge in [0, 0.05) is 29.7 Å². The summed E-state index contributed by atoms with van der Waals surface area (Å²) in [6.45, 7) is 3.85. The molecule has 0 aromatic rings. The fraction of sp³-hybridized carbons (Fsp3) is 0.643. The van der Waals surface area contributed by atoms with Gasteiger partial charge >= 0.3 is 23.9 Å². The van der Waals surface area contributed by atoms with Crippen molar-refractivity contribution in [3.63, 3.8) is 0 Å². The monoisotopic (exact) mass is 532 g/mol. The van der Waals surface area contributed by atoms with Crippen molar-refractivity contribution in [2.24, 2.45) is 17.8 Å². The van der Waals surface area contributed by atoms with E-state index in [-0.39, 0.29) is 22.4 Å². The number of ether oxygens (including phenoxy) is 4. The molecule has 5 rings (SSSR count). The molecule has 37 heavy (non-hydrogen) atoms. The van der Waals surface area contributed by atoms with Gasteiger partial charge in [-0.1, -0.05) is 44.4 Å². The lowest BCUT2D eigenvalue weighted by molar-refractivity contribution is -0.274. The highest BCUT2D eigenvalue weighted by molar-refractivity contribution is 6.33. The van der Waals surface area contributed by atoms with E-state index in [4.69, 9.17) is 30.5 Å². The molecular formula is C28H33ClO8. The van der Waals surface area contributed by atoms with Gasteiger partial charge in [-0.2, -0.15) is 0 Å². The van der Waals surface area contributed by atoms with Crippen LogP contribution in [0.2, 0.25) is 0 Å². The second kappa shape index (κ2) is 9.93. The number of esters is 4. The maximum Gasteiger partial charge on any atom is 0.348 e. The summed E-state index contributed by atoms with van der Waals surface area (Å²) in [5.74, 6) is -6.45. The van der Waals surface area contributed by atoms with Gasteiger partial charge in [0.1, 0.15) is 5.57 Å². The molecule has 9 heteroatoms. The lowest BCUT2D eigenvalue weighted by Crippen LogP contribution is -2.54. The van der Waals surface area contributed by atoms with Gasteiger partial charge in [0.2, 0.25) is 0 Å². The van der Waals surface area contributed by atoms with Crippen LogP contribution in [-0.2, 0) is 38.1 Å². The molecule has 2 atom stereocenters. The van der Waals surface area contributed by atoms with E-state index < -0.39 is 41.4 Å². The number of rotatable bonds is 2. The number of carbonyl (C=O) groups excluding carboxylic acids is 4. The van der Waals surface area contributed by atoms with E-state index in [9.17, 15) is 19.2 Å². The minimum atomic E-state index is -1.22. The zero-order chi connectivity index (χ0) is 26.4. The molecule has 0 aromatic carbocycles. The molecule has 0 bridgehead atoms. The van der Waals surface area contributed by atoms with Crippen LogP contribution in [0.4, 0.5) is 0 Å². The van der Waals surface area contributed by atoms with E-state index in [0.717, 1.165) is 38.5 Å². The first-order valence-electron chi connectivity index (χ1n) is 13.4. The Balaban J connectivity index is 1.37. The lowest BCUT2D eigenvalue weighted by atomic mass is 9.83. The normalized spacial score (nSPS) is 37.9. The number of hydrogen-bond acceptors (Lipinski definition) is 8. The van der Waals surface area contributed by atoms with E-state index in [2.05, 4.69) is 0 Å². The smallest absolute Gasteiger partial charge is 0.348 e. The predicted octanol–water partition coefficient (Wildman–Crippen LogP) is 5.15. The molecule has 3 aliphatic carbocycles. The molecule has 2 spiro atoms. The second-order valence-corrected chi connectivity index (χ2v) is 11.3. The Morgan fingerprint density at radius 2 is 1.30 bits per heavy atom. The van der Waals surface area contributed by atoms with Gasteiger partial charge in [0.15, 0.2) is 5.92 Å². The third-order valence-corrected chi connectivity index (χ3v) is 8.98. The van der Waals surface area contributed by atoms with E-state index in [1.807, 2.05) is 13.8 Å². The molecule has 8 nitrogen and oxygen atoms in total. The third kappa shape index (κ3) is 4.73. The first kappa shape index (κ1) is 26.0. The highest BCUT2D eigenvalue weighted by atomic mass is 35.5. The summed E-state index contributed by atoms with van der Waals surface area (Å²) in [5.41, 5.74) is 0.911. The molecule has 2 unspecified atom stereocenters. The molecule has 200 valence electrons. The van der Waals surface area contributed by atoms with Gasteiger partial charge in [-0.15, -0.1) is 0 Å². The van der Waals surface area contributed by atoms with Gasteiger partial charge in [0.25, 0.3) is 11.6 Å². The molecular weight excluding hydrogens is 500 g/mol. The minimum absolute atomic E-state index is 0.0649. The maximum absolute atomic E-state index is 12.9. The zero-order valence-electron chi connectivity index (χ0n) is 21.3. The summed E-state index contributed by atoms with van der Waals surface area (Å²) >= 11 is 6.67. The molecule has 2 aliphatic heterocycles. The van der Waals surface area contributed by atoms with Gasteiger partial charge < -0.3 is 18.9 Å². The lowest BCUT2D eigenvalue weighted by Gasteiger charge is -2.44. The predicted molar refractivity (Wildman–Crippen MR) is 131 cm³/mol. The molecule has 0 radical (unpaired) electrons. The molecule has 0 N–H and O–H groups in total. The van der Waals surface area contributed by atoms with Crippen molar-refractivity contribution < 1.29 is 38.1 Å². The van der Waals surface area contributed by atoms with Crippen molar-refractivity contribution in [2.75, 3.05) is 0 Å². The van der Waals surface area contributed by atoms with Crippen LogP contribution >= 0.6 is 11.6 Å². The van der Waals surface area contributed by atoms with Crippen LogP contribution in [-0.4, -0.2) is 35.5 Å². The Hall–Kier alpha value is -2.61. The summed E-state index contributed by atoms with van der Waals surface area (Å²) in [6, 6.07) is 0. The maximum atomic E-state index is 12.9. The van der Waals surface area contributed by atoms with Crippen LogP contribution in [0.1, 0.15) is 84.5 Å². The Kier molecular flexibility index (Phi) is 6.98. The van der Waals surface area contributed by atoms with Crippen LogP contribution in [0.15, 0.2) is 33.9 Å². The highest BCUT2D eigenvalue weighted by Crippen LogP contribution is 2.44. The Morgan fingerprint density at radius 1 is 0.757 bits per heavy atom. The average Bonchev–Trinajstić information content (AvgIpc) is 2.84. The second-order valence-electron chi connectivity index (χ2n) is 11.0. The van der Waals surface area contributed by atoms with E-state index in [1.165, 1.54) is 12.2 Å². The molecule has 0 amide bonds. The van der Waals surface area contributed by atoms with Crippen molar-refractivity contribution >= 4 is 35.5 Å². The van der Waals surface area contributed by atoms with Crippen LogP contribution in [0.25, 0.3) is 0 Å². The quantitative estimate of drug-likeness (QED) is 0.208. The largest absolute Gasteiger partial charge is 0.421 e. The Morgan fingerprint density at radius 3 is 1.84 bits per heavy atom. The molecule has 0 aromatic heterocycles. The van der Waals surface area contributed by atoms with Gasteiger partial charge in [0.05, 0.1) is 0 Å². The average molecular weight is 533 g/mol. The third-order valence-electron chi connectivity index (χ3n) is 8.49. The summed E-state index contributed by atoms with van der Waals surface area (Å²) < 4.78 is 22.8. The van der Waals surface area contributed by atoms with E-state index in [0.29, 0.717) is 43.3 Å². The van der Waals surface area contributed by atoms with Crippen LogP contribution in [0.3, 0.4) is 0 Å². The fourth-order valence-corrected chi connectivity index (χ4v) is 6.42. The molecule has 2 saturated carbocycles. The first-order chi connectivity index (χ1) is 17.6. The number of hydrogen-bond donors (Lipinski definition) is 0. The van der Waals surface area contributed by atoms with Crippen LogP contribution < -0.4 is 0 Å². The van der Waals surface area contributed by atoms with Crippen molar-refractivity contribution in [2.45, 2.75) is 96.1 Å². The number of carbonyl (C=O) groups is 4. The van der Waals surface area contributed by atoms with Crippen molar-refractivity contribution in [3.8, 4) is 0 Å². The summed E-state index contributed by atoms with van der Waals surface area (Å²) in [5, 5.41) is 0.289. The highest BCUT2D eigenvalue weighted by Gasteiger charge is 2.53. The molecule has 4 fully saturated rings. The standard InChI is InChI=1S/C28H33ClO8/c1-16-8-3-5-12-27(16)34-23(30)20(24(31)35-27)14-18-10-7-11-19(22(18)29)15-21-25(32)36-28(37-26(21)33)13-6-4-9-17(28)2/h14-17,20H,3-13H2,1-2H3. The Bertz CT molecular complexity index is 1080. The SMILES string of the molecule is CC1CCCCC12OC(=O)C(=CC1=C(Cl)C(=CC3C(=O)OC4(CCCCC4C)OC3=O)CCC1)C(=O)O2. The van der Waals surface area contributed by atoms with E-state index >= 15 is 0 Å². The minimum Gasteiger partial charge on any atom is -0.421 e. The summed E-state index contributed by atoms with van der Waals surface area (Å²) in [6.07, 6.45) is 10.9. The van der Waals surface area contributed by atoms with Gasteiger partial charge in [-0.05, 0) is 62.2 Å². The number of halogens is 1. The van der Waals surface area contributed by atoms with Gasteiger partial charge in [-0.25, -0.2) is 9.59 Å². The van der Waals surface area contributed by atoms with Crippen LogP contribution in [0, 0.1) is 17.8 Å². The van der Waals surface area contributed by atoms with Crippen molar-refractivity contribution in [3.05, 3.63) is 33.9 Å². The summed E-state index contributed by atoms with van der Waals surface area (Å²) in [7, 11) is 0. The van der Waals surface area contributed by atoms with Crippen molar-refractivity contribution in [1.29, 1.82) is 0 Å². The topological polar surface area (TPSA) is 105 Å². The fourth-order valence-electron chi connectivity index (χ4n) is 6.11. The first-order valence-corrected chi connectivity index (χ1v) is 13.8. The molecule has 5 aliphatic rings. The van der Waals surface area contributed by atoms with Gasteiger partial charge in [-0.3, -0.25) is 9.59 Å². The molecule has 2 saturated heterocycles. The zero-order valence-corrected chi connectivity index (χ0v) is 22.1. The van der Waals surface area contributed by atoms with E-state index in [1.54, 1.807) is 0 Å². The van der Waals surface area contributed by atoms with Crippen LogP contribution in [0.5, 0.6) is 0 Å². The summed E-state index contributed by atoms with van der Waals surface area (Å²) in [4.78, 5) is 51.5.